The van der Waals surface area contributed by atoms with Gasteiger partial charge in [-0.2, -0.15) is 0 Å². The van der Waals surface area contributed by atoms with Gasteiger partial charge in [0.2, 0.25) is 5.91 Å². The lowest BCUT2D eigenvalue weighted by atomic mass is 10.1. The molecular formula is C12H22N2O2. The standard InChI is InChI=1S/C12H22N2O2/c15-12(14-8-10-16-11-9-14)4-7-13-5-2-1-3-6-13/h1-11H2. The number of hydrogen-bond donors (Lipinski definition) is 0. The van der Waals surface area contributed by atoms with Crippen LogP contribution >= 0.6 is 0 Å². The lowest BCUT2D eigenvalue weighted by Crippen LogP contribution is -2.42. The summed E-state index contributed by atoms with van der Waals surface area (Å²) in [4.78, 5) is 16.2. The molecule has 0 bridgehead atoms. The van der Waals surface area contributed by atoms with Gasteiger partial charge < -0.3 is 14.5 Å². The highest BCUT2D eigenvalue weighted by atomic mass is 16.5. The minimum atomic E-state index is 0.300. The number of ether oxygens (including phenoxy) is 1. The fraction of sp³-hybridized carbons (Fsp3) is 0.917. The van der Waals surface area contributed by atoms with Crippen molar-refractivity contribution < 1.29 is 9.53 Å². The summed E-state index contributed by atoms with van der Waals surface area (Å²) in [5, 5.41) is 0. The third-order valence-corrected chi connectivity index (χ3v) is 3.45. The number of hydrogen-bond acceptors (Lipinski definition) is 3. The van der Waals surface area contributed by atoms with Crippen molar-refractivity contribution in [1.82, 2.24) is 9.80 Å². The highest BCUT2D eigenvalue weighted by molar-refractivity contribution is 5.76. The van der Waals surface area contributed by atoms with Crippen molar-refractivity contribution in [2.75, 3.05) is 45.9 Å². The smallest absolute Gasteiger partial charge is 0.224 e. The normalized spacial score (nSPS) is 23.4. The number of likely N-dealkylation sites (tertiary alicyclic amines) is 1. The number of morpholine rings is 1. The molecule has 2 aliphatic heterocycles. The number of amides is 1. The fourth-order valence-electron chi connectivity index (χ4n) is 2.41. The topological polar surface area (TPSA) is 32.8 Å². The van der Waals surface area contributed by atoms with Crippen LogP contribution in [0.5, 0.6) is 0 Å². The van der Waals surface area contributed by atoms with E-state index < -0.39 is 0 Å². The molecule has 2 fully saturated rings. The van der Waals surface area contributed by atoms with Crippen LogP contribution in [0.3, 0.4) is 0 Å². The summed E-state index contributed by atoms with van der Waals surface area (Å²) >= 11 is 0. The maximum absolute atomic E-state index is 11.9. The number of carbonyl (C=O) groups is 1. The minimum Gasteiger partial charge on any atom is -0.378 e. The van der Waals surface area contributed by atoms with Gasteiger partial charge in [-0.15, -0.1) is 0 Å². The van der Waals surface area contributed by atoms with E-state index in [2.05, 4.69) is 4.90 Å². The van der Waals surface area contributed by atoms with Crippen LogP contribution < -0.4 is 0 Å². The molecule has 0 unspecified atom stereocenters. The first-order valence-corrected chi connectivity index (χ1v) is 6.44. The first-order chi connectivity index (χ1) is 7.86. The summed E-state index contributed by atoms with van der Waals surface area (Å²) in [6.07, 6.45) is 4.63. The molecular weight excluding hydrogens is 204 g/mol. The molecule has 4 nitrogen and oxygen atoms in total. The van der Waals surface area contributed by atoms with E-state index in [1.807, 2.05) is 4.90 Å². The Labute approximate surface area is 97.5 Å². The highest BCUT2D eigenvalue weighted by Gasteiger charge is 2.18. The van der Waals surface area contributed by atoms with Crippen molar-refractivity contribution in [2.24, 2.45) is 0 Å². The van der Waals surface area contributed by atoms with Gasteiger partial charge in [-0.1, -0.05) is 6.42 Å². The Kier molecular flexibility index (Phi) is 4.60. The first-order valence-electron chi connectivity index (χ1n) is 6.44. The van der Waals surface area contributed by atoms with Crippen molar-refractivity contribution in [3.05, 3.63) is 0 Å². The Morgan fingerprint density at radius 3 is 2.38 bits per heavy atom. The molecule has 0 radical (unpaired) electrons. The van der Waals surface area contributed by atoms with Gasteiger partial charge in [0.05, 0.1) is 13.2 Å². The molecule has 0 aromatic carbocycles. The zero-order valence-electron chi connectivity index (χ0n) is 9.99. The Morgan fingerprint density at radius 2 is 1.69 bits per heavy atom. The molecule has 1 amide bonds. The Morgan fingerprint density at radius 1 is 1.00 bits per heavy atom. The Balaban J connectivity index is 1.65. The van der Waals surface area contributed by atoms with Crippen LogP contribution in [-0.4, -0.2) is 61.6 Å². The number of piperidine rings is 1. The quantitative estimate of drug-likeness (QED) is 0.711. The summed E-state index contributed by atoms with van der Waals surface area (Å²) in [6, 6.07) is 0. The fourth-order valence-corrected chi connectivity index (χ4v) is 2.41. The SMILES string of the molecule is O=C(CCN1CCCCC1)N1CCOCC1. The predicted molar refractivity (Wildman–Crippen MR) is 62.3 cm³/mol. The van der Waals surface area contributed by atoms with Gasteiger partial charge in [-0.05, 0) is 25.9 Å². The maximum Gasteiger partial charge on any atom is 0.224 e. The van der Waals surface area contributed by atoms with Crippen molar-refractivity contribution in [2.45, 2.75) is 25.7 Å². The van der Waals surface area contributed by atoms with Gasteiger partial charge in [-0.25, -0.2) is 0 Å². The highest BCUT2D eigenvalue weighted by Crippen LogP contribution is 2.09. The molecule has 0 spiro atoms. The van der Waals surface area contributed by atoms with E-state index in [-0.39, 0.29) is 0 Å². The van der Waals surface area contributed by atoms with E-state index in [1.54, 1.807) is 0 Å². The van der Waals surface area contributed by atoms with Crippen LogP contribution in [0.4, 0.5) is 0 Å². The van der Waals surface area contributed by atoms with E-state index in [4.69, 9.17) is 4.74 Å². The molecule has 0 aliphatic carbocycles. The van der Waals surface area contributed by atoms with Crippen molar-refractivity contribution >= 4 is 5.91 Å². The van der Waals surface area contributed by atoms with Crippen LogP contribution in [0.2, 0.25) is 0 Å². The number of carbonyl (C=O) groups excluding carboxylic acids is 1. The van der Waals surface area contributed by atoms with E-state index in [0.29, 0.717) is 25.5 Å². The van der Waals surface area contributed by atoms with E-state index in [9.17, 15) is 4.79 Å². The van der Waals surface area contributed by atoms with Crippen molar-refractivity contribution in [3.8, 4) is 0 Å². The molecule has 0 atom stereocenters. The summed E-state index contributed by atoms with van der Waals surface area (Å²) in [5.74, 6) is 0.300. The van der Waals surface area contributed by atoms with Crippen LogP contribution in [-0.2, 0) is 9.53 Å². The summed E-state index contributed by atoms with van der Waals surface area (Å²) in [6.45, 7) is 6.26. The Bertz CT molecular complexity index is 221. The van der Waals surface area contributed by atoms with Gasteiger partial charge in [-0.3, -0.25) is 4.79 Å². The molecule has 2 rings (SSSR count). The molecule has 0 N–H and O–H groups in total. The zero-order chi connectivity index (χ0) is 11.2. The molecule has 0 aromatic heterocycles. The summed E-state index contributed by atoms with van der Waals surface area (Å²) in [5.41, 5.74) is 0. The van der Waals surface area contributed by atoms with Crippen LogP contribution in [0, 0.1) is 0 Å². The van der Waals surface area contributed by atoms with Crippen molar-refractivity contribution in [3.63, 3.8) is 0 Å². The van der Waals surface area contributed by atoms with Gasteiger partial charge in [0.1, 0.15) is 0 Å². The molecule has 16 heavy (non-hydrogen) atoms. The second kappa shape index (κ2) is 6.21. The number of nitrogens with zero attached hydrogens (tertiary/aromatic N) is 2. The maximum atomic E-state index is 11.9. The van der Waals surface area contributed by atoms with E-state index in [0.717, 1.165) is 19.6 Å². The lowest BCUT2D eigenvalue weighted by molar-refractivity contribution is -0.135. The van der Waals surface area contributed by atoms with Gasteiger partial charge in [0, 0.05) is 26.1 Å². The predicted octanol–water partition coefficient (Wildman–Crippen LogP) is 0.721. The Hall–Kier alpha value is -0.610. The molecule has 4 heteroatoms. The molecule has 0 saturated carbocycles. The second-order valence-electron chi connectivity index (χ2n) is 4.65. The first kappa shape index (κ1) is 11.9. The second-order valence-corrected chi connectivity index (χ2v) is 4.65. The van der Waals surface area contributed by atoms with E-state index >= 15 is 0 Å². The monoisotopic (exact) mass is 226 g/mol. The van der Waals surface area contributed by atoms with Gasteiger partial charge >= 0.3 is 0 Å². The van der Waals surface area contributed by atoms with Crippen LogP contribution in [0.25, 0.3) is 0 Å². The van der Waals surface area contributed by atoms with Crippen LogP contribution in [0.1, 0.15) is 25.7 Å². The van der Waals surface area contributed by atoms with Crippen LogP contribution in [0.15, 0.2) is 0 Å². The molecule has 2 saturated heterocycles. The lowest BCUT2D eigenvalue weighted by Gasteiger charge is -2.29. The molecule has 2 aliphatic rings. The van der Waals surface area contributed by atoms with E-state index in [1.165, 1.54) is 32.4 Å². The average Bonchev–Trinajstić information content (AvgIpc) is 2.38. The third-order valence-electron chi connectivity index (χ3n) is 3.45. The zero-order valence-corrected chi connectivity index (χ0v) is 9.99. The van der Waals surface area contributed by atoms with Gasteiger partial charge in [0.25, 0.3) is 0 Å². The average molecular weight is 226 g/mol. The van der Waals surface area contributed by atoms with Gasteiger partial charge in [0.15, 0.2) is 0 Å². The molecule has 92 valence electrons. The summed E-state index contributed by atoms with van der Waals surface area (Å²) < 4.78 is 5.24. The minimum absolute atomic E-state index is 0.300. The molecule has 0 aromatic rings. The molecule has 2 heterocycles. The largest absolute Gasteiger partial charge is 0.378 e. The van der Waals surface area contributed by atoms with Crippen molar-refractivity contribution in [1.29, 1.82) is 0 Å². The number of rotatable bonds is 3. The summed E-state index contributed by atoms with van der Waals surface area (Å²) in [7, 11) is 0. The third kappa shape index (κ3) is 3.46.